The summed E-state index contributed by atoms with van der Waals surface area (Å²) in [5.74, 6) is 0.681. The molecule has 1 rings (SSSR count). The monoisotopic (exact) mass is 322 g/mol. The number of ether oxygens (including phenoxy) is 2. The van der Waals surface area contributed by atoms with E-state index in [9.17, 15) is 4.79 Å². The zero-order chi connectivity index (χ0) is 17.3. The van der Waals surface area contributed by atoms with Crippen LogP contribution in [0.4, 0.5) is 5.69 Å². The molecule has 1 N–H and O–H groups in total. The first-order valence-electron chi connectivity index (χ1n) is 8.24. The molecule has 0 heterocycles. The highest BCUT2D eigenvalue weighted by atomic mass is 16.5. The number of carbonyl (C=O) groups is 1. The standard InChI is InChI=1S/C18H30N2O3/c1-6-13-23-18(3,7-2)17(21)19-15-8-10-16(11-9-15)22-14-12-20(4)5/h8-11H,6-7,12-14H2,1-5H3,(H,19,21). The maximum absolute atomic E-state index is 12.4. The predicted molar refractivity (Wildman–Crippen MR) is 94.1 cm³/mol. The van der Waals surface area contributed by atoms with Crippen molar-refractivity contribution in [1.82, 2.24) is 4.90 Å². The number of likely N-dealkylation sites (N-methyl/N-ethyl adjacent to an activating group) is 1. The number of carbonyl (C=O) groups excluding carboxylic acids is 1. The molecule has 0 bridgehead atoms. The van der Waals surface area contributed by atoms with E-state index in [-0.39, 0.29) is 5.91 Å². The molecule has 5 nitrogen and oxygen atoms in total. The second kappa shape index (κ2) is 9.53. The van der Waals surface area contributed by atoms with E-state index in [1.165, 1.54) is 0 Å². The lowest BCUT2D eigenvalue weighted by Gasteiger charge is -2.27. The van der Waals surface area contributed by atoms with Gasteiger partial charge in [-0.3, -0.25) is 4.79 Å². The molecule has 0 aliphatic carbocycles. The topological polar surface area (TPSA) is 50.8 Å². The molecule has 0 fully saturated rings. The smallest absolute Gasteiger partial charge is 0.256 e. The molecule has 0 spiro atoms. The summed E-state index contributed by atoms with van der Waals surface area (Å²) in [5, 5.41) is 2.92. The number of benzene rings is 1. The van der Waals surface area contributed by atoms with Crippen LogP contribution in [0.2, 0.25) is 0 Å². The van der Waals surface area contributed by atoms with E-state index in [0.29, 0.717) is 19.6 Å². The number of nitrogens with one attached hydrogen (secondary N) is 1. The highest BCUT2D eigenvalue weighted by molar-refractivity contribution is 5.97. The van der Waals surface area contributed by atoms with E-state index < -0.39 is 5.60 Å². The molecule has 0 saturated carbocycles. The van der Waals surface area contributed by atoms with Crippen LogP contribution in [0.25, 0.3) is 0 Å². The Balaban J connectivity index is 2.57. The van der Waals surface area contributed by atoms with Crippen molar-refractivity contribution in [2.45, 2.75) is 39.2 Å². The van der Waals surface area contributed by atoms with Crippen LogP contribution in [0.1, 0.15) is 33.6 Å². The third-order valence-electron chi connectivity index (χ3n) is 3.70. The van der Waals surface area contributed by atoms with Crippen molar-refractivity contribution in [3.8, 4) is 5.75 Å². The Labute approximate surface area is 140 Å². The molecule has 0 radical (unpaired) electrons. The second-order valence-electron chi connectivity index (χ2n) is 6.06. The van der Waals surface area contributed by atoms with Crippen LogP contribution in [-0.4, -0.2) is 50.3 Å². The van der Waals surface area contributed by atoms with Crippen LogP contribution in [0.15, 0.2) is 24.3 Å². The van der Waals surface area contributed by atoms with Crippen LogP contribution in [-0.2, 0) is 9.53 Å². The summed E-state index contributed by atoms with van der Waals surface area (Å²) in [5.41, 5.74) is -0.0496. The van der Waals surface area contributed by atoms with E-state index in [1.807, 2.05) is 59.1 Å². The number of hydrogen-bond donors (Lipinski definition) is 1. The SMILES string of the molecule is CCCOC(C)(CC)C(=O)Nc1ccc(OCCN(C)C)cc1. The van der Waals surface area contributed by atoms with Crippen molar-refractivity contribution in [3.63, 3.8) is 0 Å². The number of amides is 1. The highest BCUT2D eigenvalue weighted by Gasteiger charge is 2.32. The van der Waals surface area contributed by atoms with E-state index in [1.54, 1.807) is 0 Å². The van der Waals surface area contributed by atoms with Gasteiger partial charge < -0.3 is 19.7 Å². The van der Waals surface area contributed by atoms with Gasteiger partial charge in [0.05, 0.1) is 0 Å². The molecule has 1 atom stereocenters. The first-order chi connectivity index (χ1) is 10.9. The Bertz CT molecular complexity index is 474. The Morgan fingerprint density at radius 1 is 1.17 bits per heavy atom. The molecule has 1 aromatic carbocycles. The number of anilines is 1. The van der Waals surface area contributed by atoms with Gasteiger partial charge in [-0.05, 0) is 58.1 Å². The molecule has 0 saturated heterocycles. The predicted octanol–water partition coefficient (Wildman–Crippen LogP) is 3.16. The molecule has 1 aromatic rings. The molecule has 1 unspecified atom stereocenters. The largest absolute Gasteiger partial charge is 0.492 e. The quantitative estimate of drug-likeness (QED) is 0.719. The minimum Gasteiger partial charge on any atom is -0.492 e. The Morgan fingerprint density at radius 3 is 2.35 bits per heavy atom. The minimum absolute atomic E-state index is 0.116. The zero-order valence-electron chi connectivity index (χ0n) is 15.0. The average molecular weight is 322 g/mol. The highest BCUT2D eigenvalue weighted by Crippen LogP contribution is 2.21. The lowest BCUT2D eigenvalue weighted by atomic mass is 10.0. The fourth-order valence-corrected chi connectivity index (χ4v) is 1.90. The van der Waals surface area contributed by atoms with Crippen molar-refractivity contribution < 1.29 is 14.3 Å². The van der Waals surface area contributed by atoms with Crippen molar-refractivity contribution in [2.24, 2.45) is 0 Å². The molecule has 23 heavy (non-hydrogen) atoms. The number of nitrogens with zero attached hydrogens (tertiary/aromatic N) is 1. The summed E-state index contributed by atoms with van der Waals surface area (Å²) in [6.45, 7) is 7.90. The van der Waals surface area contributed by atoms with Crippen molar-refractivity contribution in [1.29, 1.82) is 0 Å². The molecular weight excluding hydrogens is 292 g/mol. The van der Waals surface area contributed by atoms with Crippen LogP contribution < -0.4 is 10.1 Å². The van der Waals surface area contributed by atoms with Gasteiger partial charge in [0.1, 0.15) is 18.0 Å². The zero-order valence-corrected chi connectivity index (χ0v) is 15.0. The van der Waals surface area contributed by atoms with Gasteiger partial charge in [0.25, 0.3) is 5.91 Å². The van der Waals surface area contributed by atoms with E-state index in [2.05, 4.69) is 10.2 Å². The summed E-state index contributed by atoms with van der Waals surface area (Å²) < 4.78 is 11.4. The number of rotatable bonds is 10. The van der Waals surface area contributed by atoms with Crippen molar-refractivity contribution in [3.05, 3.63) is 24.3 Å². The van der Waals surface area contributed by atoms with Crippen molar-refractivity contribution >= 4 is 11.6 Å². The molecule has 130 valence electrons. The third kappa shape index (κ3) is 6.59. The van der Waals surface area contributed by atoms with Gasteiger partial charge in [-0.2, -0.15) is 0 Å². The maximum Gasteiger partial charge on any atom is 0.256 e. The van der Waals surface area contributed by atoms with Gasteiger partial charge in [-0.15, -0.1) is 0 Å². The fraction of sp³-hybridized carbons (Fsp3) is 0.611. The fourth-order valence-electron chi connectivity index (χ4n) is 1.90. The molecular formula is C18H30N2O3. The van der Waals surface area contributed by atoms with E-state index in [4.69, 9.17) is 9.47 Å². The Hall–Kier alpha value is -1.59. The van der Waals surface area contributed by atoms with E-state index >= 15 is 0 Å². The van der Waals surface area contributed by atoms with Gasteiger partial charge in [-0.25, -0.2) is 0 Å². The Kier molecular flexibility index (Phi) is 8.06. The molecule has 0 aliphatic heterocycles. The summed E-state index contributed by atoms with van der Waals surface area (Å²) in [6, 6.07) is 7.42. The molecule has 0 aromatic heterocycles. The van der Waals surface area contributed by atoms with Gasteiger partial charge in [0.15, 0.2) is 0 Å². The normalized spacial score (nSPS) is 13.7. The summed E-state index contributed by atoms with van der Waals surface area (Å²) in [7, 11) is 4.01. The first kappa shape index (κ1) is 19.5. The second-order valence-corrected chi connectivity index (χ2v) is 6.06. The molecule has 5 heteroatoms. The van der Waals surface area contributed by atoms with Crippen LogP contribution >= 0.6 is 0 Å². The van der Waals surface area contributed by atoms with Gasteiger partial charge in [0.2, 0.25) is 0 Å². The maximum atomic E-state index is 12.4. The first-order valence-corrected chi connectivity index (χ1v) is 8.24. The average Bonchev–Trinajstić information content (AvgIpc) is 2.53. The summed E-state index contributed by atoms with van der Waals surface area (Å²) >= 11 is 0. The lowest BCUT2D eigenvalue weighted by Crippen LogP contribution is -2.42. The lowest BCUT2D eigenvalue weighted by molar-refractivity contribution is -0.139. The van der Waals surface area contributed by atoms with Crippen LogP contribution in [0.3, 0.4) is 0 Å². The number of hydrogen-bond acceptors (Lipinski definition) is 4. The summed E-state index contributed by atoms with van der Waals surface area (Å²) in [6.07, 6.45) is 1.52. The van der Waals surface area contributed by atoms with Crippen LogP contribution in [0.5, 0.6) is 5.75 Å². The van der Waals surface area contributed by atoms with Crippen LogP contribution in [0, 0.1) is 0 Å². The van der Waals surface area contributed by atoms with Gasteiger partial charge in [0, 0.05) is 18.8 Å². The minimum atomic E-state index is -0.795. The third-order valence-corrected chi connectivity index (χ3v) is 3.70. The van der Waals surface area contributed by atoms with Gasteiger partial charge >= 0.3 is 0 Å². The molecule has 1 amide bonds. The van der Waals surface area contributed by atoms with E-state index in [0.717, 1.165) is 24.4 Å². The van der Waals surface area contributed by atoms with Crippen molar-refractivity contribution in [2.75, 3.05) is 39.2 Å². The Morgan fingerprint density at radius 2 is 1.83 bits per heavy atom. The molecule has 0 aliphatic rings. The summed E-state index contributed by atoms with van der Waals surface area (Å²) in [4.78, 5) is 14.5. The van der Waals surface area contributed by atoms with Gasteiger partial charge in [-0.1, -0.05) is 13.8 Å².